The molecule has 2 aromatic rings. The molecule has 5 nitrogen and oxygen atoms in total. The molecule has 0 spiro atoms. The third-order valence-electron chi connectivity index (χ3n) is 3.24. The maximum atomic E-state index is 4.58. The average molecular weight is 269 g/mol. The van der Waals surface area contributed by atoms with E-state index in [-0.39, 0.29) is 0 Å². The average Bonchev–Trinajstić information content (AvgIpc) is 2.98. The van der Waals surface area contributed by atoms with Crippen LogP contribution in [0.15, 0.2) is 47.6 Å². The lowest BCUT2D eigenvalue weighted by Gasteiger charge is -2.15. The van der Waals surface area contributed by atoms with Crippen molar-refractivity contribution in [1.29, 1.82) is 0 Å². The summed E-state index contributed by atoms with van der Waals surface area (Å²) in [5.74, 6) is 0.916. The molecule has 20 heavy (non-hydrogen) atoms. The molecule has 1 aliphatic heterocycles. The second kappa shape index (κ2) is 6.23. The molecule has 0 bridgehead atoms. The van der Waals surface area contributed by atoms with Crippen LogP contribution in [0.4, 0.5) is 0 Å². The van der Waals surface area contributed by atoms with E-state index in [2.05, 4.69) is 38.9 Å². The third-order valence-corrected chi connectivity index (χ3v) is 3.24. The summed E-state index contributed by atoms with van der Waals surface area (Å²) in [5.41, 5.74) is 2.17. The van der Waals surface area contributed by atoms with Gasteiger partial charge in [-0.3, -0.25) is 4.99 Å². The highest BCUT2D eigenvalue weighted by Gasteiger charge is 2.04. The summed E-state index contributed by atoms with van der Waals surface area (Å²) in [6.45, 7) is 2.77. The van der Waals surface area contributed by atoms with Gasteiger partial charge in [0.1, 0.15) is 0 Å². The molecule has 0 aliphatic carbocycles. The van der Waals surface area contributed by atoms with Gasteiger partial charge in [-0.15, -0.1) is 0 Å². The van der Waals surface area contributed by atoms with Crippen LogP contribution in [0.3, 0.4) is 0 Å². The minimum atomic E-state index is 0.845. The van der Waals surface area contributed by atoms with Gasteiger partial charge in [-0.05, 0) is 24.6 Å². The first-order valence-corrected chi connectivity index (χ1v) is 7.04. The van der Waals surface area contributed by atoms with Crippen LogP contribution in [0.2, 0.25) is 0 Å². The summed E-state index contributed by atoms with van der Waals surface area (Å²) < 4.78 is 1.91. The lowest BCUT2D eigenvalue weighted by molar-refractivity contribution is 0.696. The summed E-state index contributed by atoms with van der Waals surface area (Å²) in [7, 11) is 0. The molecule has 0 radical (unpaired) electrons. The maximum Gasteiger partial charge on any atom is 0.191 e. The smallest absolute Gasteiger partial charge is 0.191 e. The fourth-order valence-electron chi connectivity index (χ4n) is 2.18. The zero-order valence-corrected chi connectivity index (χ0v) is 11.4. The van der Waals surface area contributed by atoms with E-state index in [0.717, 1.165) is 49.8 Å². The van der Waals surface area contributed by atoms with Crippen molar-refractivity contribution in [2.75, 3.05) is 19.6 Å². The van der Waals surface area contributed by atoms with Gasteiger partial charge in [-0.25, -0.2) is 4.68 Å². The lowest BCUT2D eigenvalue weighted by Crippen LogP contribution is -2.41. The van der Waals surface area contributed by atoms with E-state index in [1.54, 1.807) is 0 Å². The zero-order chi connectivity index (χ0) is 13.6. The molecule has 2 heterocycles. The fourth-order valence-corrected chi connectivity index (χ4v) is 2.18. The Balaban J connectivity index is 1.54. The minimum Gasteiger partial charge on any atom is -0.356 e. The molecule has 3 rings (SSSR count). The topological polar surface area (TPSA) is 54.2 Å². The number of hydrogen-bond donors (Lipinski definition) is 2. The molecule has 1 aromatic heterocycles. The molecule has 104 valence electrons. The number of nitrogens with one attached hydrogen (secondary N) is 2. The highest BCUT2D eigenvalue weighted by Crippen LogP contribution is 2.06. The van der Waals surface area contributed by atoms with Crippen molar-refractivity contribution in [3.63, 3.8) is 0 Å². The SMILES string of the molecule is c1ccc(-n2ccc(CCNC3=NCCCN3)n2)cc1. The summed E-state index contributed by atoms with van der Waals surface area (Å²) in [6.07, 6.45) is 4.01. The molecular weight excluding hydrogens is 250 g/mol. The van der Waals surface area contributed by atoms with Gasteiger partial charge in [-0.2, -0.15) is 5.10 Å². The highest BCUT2D eigenvalue weighted by atomic mass is 15.3. The Hall–Kier alpha value is -2.30. The molecule has 5 heteroatoms. The summed E-state index contributed by atoms with van der Waals surface area (Å²) in [6, 6.07) is 12.2. The van der Waals surface area contributed by atoms with Crippen molar-refractivity contribution in [1.82, 2.24) is 20.4 Å². The van der Waals surface area contributed by atoms with Gasteiger partial charge in [0.25, 0.3) is 0 Å². The van der Waals surface area contributed by atoms with Gasteiger partial charge in [0.2, 0.25) is 0 Å². The van der Waals surface area contributed by atoms with Gasteiger partial charge in [-0.1, -0.05) is 18.2 Å². The van der Waals surface area contributed by atoms with Crippen LogP contribution >= 0.6 is 0 Å². The van der Waals surface area contributed by atoms with Crippen LogP contribution < -0.4 is 10.6 Å². The molecule has 1 aromatic carbocycles. The first-order valence-electron chi connectivity index (χ1n) is 7.04. The number of nitrogens with zero attached hydrogens (tertiary/aromatic N) is 3. The van der Waals surface area contributed by atoms with Crippen molar-refractivity contribution >= 4 is 5.96 Å². The quantitative estimate of drug-likeness (QED) is 0.881. The number of aliphatic imine (C=N–C) groups is 1. The Bertz CT molecular complexity index is 573. The zero-order valence-electron chi connectivity index (χ0n) is 11.4. The van der Waals surface area contributed by atoms with Crippen molar-refractivity contribution < 1.29 is 0 Å². The number of guanidine groups is 1. The van der Waals surface area contributed by atoms with Gasteiger partial charge in [0.15, 0.2) is 5.96 Å². The van der Waals surface area contributed by atoms with Crippen molar-refractivity contribution in [3.05, 3.63) is 48.3 Å². The van der Waals surface area contributed by atoms with E-state index in [1.807, 2.05) is 29.1 Å². The second-order valence-corrected chi connectivity index (χ2v) is 4.77. The first-order chi connectivity index (χ1) is 9.92. The van der Waals surface area contributed by atoms with Crippen LogP contribution in [0, 0.1) is 0 Å². The third kappa shape index (κ3) is 3.17. The molecule has 0 saturated carbocycles. The fraction of sp³-hybridized carbons (Fsp3) is 0.333. The van der Waals surface area contributed by atoms with Crippen LogP contribution in [0.1, 0.15) is 12.1 Å². The molecule has 0 fully saturated rings. The Morgan fingerprint density at radius 2 is 2.10 bits per heavy atom. The first kappa shape index (κ1) is 12.7. The van der Waals surface area contributed by atoms with E-state index in [9.17, 15) is 0 Å². The van der Waals surface area contributed by atoms with E-state index >= 15 is 0 Å². The predicted molar refractivity (Wildman–Crippen MR) is 80.2 cm³/mol. The lowest BCUT2D eigenvalue weighted by atomic mass is 10.3. The highest BCUT2D eigenvalue weighted by molar-refractivity contribution is 5.80. The van der Waals surface area contributed by atoms with Crippen LogP contribution in [-0.2, 0) is 6.42 Å². The Morgan fingerprint density at radius 3 is 2.90 bits per heavy atom. The molecule has 2 N–H and O–H groups in total. The Labute approximate surface area is 118 Å². The summed E-state index contributed by atoms with van der Waals surface area (Å²) in [4.78, 5) is 4.38. The molecule has 0 atom stereocenters. The minimum absolute atomic E-state index is 0.845. The number of benzene rings is 1. The monoisotopic (exact) mass is 269 g/mol. The van der Waals surface area contributed by atoms with Crippen LogP contribution in [0.25, 0.3) is 5.69 Å². The van der Waals surface area contributed by atoms with Crippen molar-refractivity contribution in [3.8, 4) is 5.69 Å². The van der Waals surface area contributed by atoms with Gasteiger partial charge in [0, 0.05) is 32.3 Å². The van der Waals surface area contributed by atoms with Gasteiger partial charge in [0.05, 0.1) is 11.4 Å². The molecule has 1 aliphatic rings. The van der Waals surface area contributed by atoms with Gasteiger partial charge < -0.3 is 10.6 Å². The Kier molecular flexibility index (Phi) is 3.96. The maximum absolute atomic E-state index is 4.58. The number of para-hydroxylation sites is 1. The number of hydrogen-bond acceptors (Lipinski definition) is 4. The summed E-state index contributed by atoms with van der Waals surface area (Å²) in [5, 5.41) is 11.1. The van der Waals surface area contributed by atoms with E-state index in [1.165, 1.54) is 0 Å². The van der Waals surface area contributed by atoms with Crippen molar-refractivity contribution in [2.24, 2.45) is 4.99 Å². The predicted octanol–water partition coefficient (Wildman–Crippen LogP) is 1.35. The Morgan fingerprint density at radius 1 is 1.20 bits per heavy atom. The second-order valence-electron chi connectivity index (χ2n) is 4.77. The molecule has 0 saturated heterocycles. The van der Waals surface area contributed by atoms with E-state index in [0.29, 0.717) is 0 Å². The standard InChI is InChI=1S/C15H19N5/c1-2-5-14(6-3-1)20-12-8-13(19-20)7-11-18-15-16-9-4-10-17-15/h1-3,5-6,8,12H,4,7,9-11H2,(H2,16,17,18). The van der Waals surface area contributed by atoms with E-state index in [4.69, 9.17) is 0 Å². The van der Waals surface area contributed by atoms with E-state index < -0.39 is 0 Å². The number of aromatic nitrogens is 2. The molecule has 0 amide bonds. The van der Waals surface area contributed by atoms with Crippen LogP contribution in [0.5, 0.6) is 0 Å². The van der Waals surface area contributed by atoms with Crippen molar-refractivity contribution in [2.45, 2.75) is 12.8 Å². The summed E-state index contributed by atoms with van der Waals surface area (Å²) >= 11 is 0. The molecular formula is C15H19N5. The molecule has 0 unspecified atom stereocenters. The number of rotatable bonds is 4. The largest absolute Gasteiger partial charge is 0.356 e. The van der Waals surface area contributed by atoms with Gasteiger partial charge >= 0.3 is 0 Å². The normalized spacial score (nSPS) is 14.5. The van der Waals surface area contributed by atoms with Crippen LogP contribution in [-0.4, -0.2) is 35.4 Å².